The predicted molar refractivity (Wildman–Crippen MR) is 108 cm³/mol. The standard InChI is InChI=1S/C22H26FNO2S/c1-22(11-7-8-12-22)20(15-9-5-4-6-10-15)24-21(25)19-17(26-2)13-16(23)14-18(19)27-3/h4-6,9-10,13-14,20H,7-8,11-12H2,1-3H3,(H,24,25). The number of thioether (sulfide) groups is 1. The summed E-state index contributed by atoms with van der Waals surface area (Å²) in [6.45, 7) is 2.25. The molecule has 0 saturated heterocycles. The molecule has 27 heavy (non-hydrogen) atoms. The summed E-state index contributed by atoms with van der Waals surface area (Å²) in [7, 11) is 1.46. The molecule has 3 nitrogen and oxygen atoms in total. The molecule has 1 unspecified atom stereocenters. The SMILES string of the molecule is COc1cc(F)cc(SC)c1C(=O)NC(c1ccccc1)C1(C)CCCC1. The molecule has 2 aromatic rings. The lowest BCUT2D eigenvalue weighted by atomic mass is 9.77. The fourth-order valence-corrected chi connectivity index (χ4v) is 4.71. The van der Waals surface area contributed by atoms with E-state index < -0.39 is 5.82 Å². The largest absolute Gasteiger partial charge is 0.496 e. The van der Waals surface area contributed by atoms with E-state index in [1.54, 1.807) is 0 Å². The summed E-state index contributed by atoms with van der Waals surface area (Å²) in [6.07, 6.45) is 6.32. The van der Waals surface area contributed by atoms with Gasteiger partial charge in [0.25, 0.3) is 5.91 Å². The van der Waals surface area contributed by atoms with Gasteiger partial charge in [0.05, 0.1) is 18.7 Å². The Balaban J connectivity index is 1.99. The third-order valence-electron chi connectivity index (χ3n) is 5.55. The lowest BCUT2D eigenvalue weighted by Gasteiger charge is -2.35. The molecule has 144 valence electrons. The maximum Gasteiger partial charge on any atom is 0.256 e. The first kappa shape index (κ1) is 19.7. The quantitative estimate of drug-likeness (QED) is 0.655. The number of amides is 1. The van der Waals surface area contributed by atoms with Crippen LogP contribution in [0.2, 0.25) is 0 Å². The van der Waals surface area contributed by atoms with Crippen molar-refractivity contribution in [3.63, 3.8) is 0 Å². The van der Waals surface area contributed by atoms with Gasteiger partial charge >= 0.3 is 0 Å². The minimum absolute atomic E-state index is 0.00377. The van der Waals surface area contributed by atoms with E-state index in [1.165, 1.54) is 43.8 Å². The minimum Gasteiger partial charge on any atom is -0.496 e. The van der Waals surface area contributed by atoms with Crippen LogP contribution in [0.3, 0.4) is 0 Å². The second-order valence-corrected chi connectivity index (χ2v) is 8.21. The molecule has 1 aliphatic carbocycles. The molecular weight excluding hydrogens is 361 g/mol. The summed E-state index contributed by atoms with van der Waals surface area (Å²) in [6, 6.07) is 12.7. The number of carbonyl (C=O) groups is 1. The Kier molecular flexibility index (Phi) is 6.10. The van der Waals surface area contributed by atoms with Crippen LogP contribution in [-0.2, 0) is 0 Å². The number of halogens is 1. The smallest absolute Gasteiger partial charge is 0.256 e. The highest BCUT2D eigenvalue weighted by atomic mass is 32.2. The van der Waals surface area contributed by atoms with Gasteiger partial charge < -0.3 is 10.1 Å². The molecule has 1 amide bonds. The van der Waals surface area contributed by atoms with Crippen molar-refractivity contribution in [3.05, 3.63) is 59.4 Å². The highest BCUT2D eigenvalue weighted by molar-refractivity contribution is 7.98. The number of hydrogen-bond acceptors (Lipinski definition) is 3. The average Bonchev–Trinajstić information content (AvgIpc) is 3.13. The van der Waals surface area contributed by atoms with Gasteiger partial charge in [0.15, 0.2) is 0 Å². The first-order valence-electron chi connectivity index (χ1n) is 9.26. The molecule has 0 radical (unpaired) electrons. The third kappa shape index (κ3) is 4.13. The molecule has 1 fully saturated rings. The van der Waals surface area contributed by atoms with Crippen molar-refractivity contribution >= 4 is 17.7 Å². The Labute approximate surface area is 164 Å². The van der Waals surface area contributed by atoms with Gasteiger partial charge in [0.2, 0.25) is 0 Å². The number of benzene rings is 2. The fourth-order valence-electron chi connectivity index (χ4n) is 4.08. The van der Waals surface area contributed by atoms with Gasteiger partial charge in [-0.2, -0.15) is 0 Å². The zero-order valence-corrected chi connectivity index (χ0v) is 16.9. The van der Waals surface area contributed by atoms with Gasteiger partial charge in [-0.15, -0.1) is 11.8 Å². The molecule has 0 aliphatic heterocycles. The van der Waals surface area contributed by atoms with E-state index in [1.807, 2.05) is 24.5 Å². The molecule has 1 atom stereocenters. The molecule has 2 aromatic carbocycles. The van der Waals surface area contributed by atoms with Gasteiger partial charge in [0.1, 0.15) is 11.6 Å². The van der Waals surface area contributed by atoms with Crippen molar-refractivity contribution in [2.24, 2.45) is 5.41 Å². The highest BCUT2D eigenvalue weighted by Crippen LogP contribution is 2.47. The Hall–Kier alpha value is -2.01. The zero-order valence-electron chi connectivity index (χ0n) is 16.0. The van der Waals surface area contributed by atoms with Crippen molar-refractivity contribution in [3.8, 4) is 5.75 Å². The first-order valence-corrected chi connectivity index (χ1v) is 10.5. The number of ether oxygens (including phenoxy) is 1. The topological polar surface area (TPSA) is 38.3 Å². The molecule has 0 spiro atoms. The number of rotatable bonds is 6. The summed E-state index contributed by atoms with van der Waals surface area (Å²) >= 11 is 1.34. The summed E-state index contributed by atoms with van der Waals surface area (Å²) < 4.78 is 19.2. The Morgan fingerprint density at radius 2 is 1.89 bits per heavy atom. The monoisotopic (exact) mass is 387 g/mol. The van der Waals surface area contributed by atoms with Crippen LogP contribution in [-0.4, -0.2) is 19.3 Å². The Bertz CT molecular complexity index is 778. The van der Waals surface area contributed by atoms with Crippen molar-refractivity contribution in [1.29, 1.82) is 0 Å². The third-order valence-corrected chi connectivity index (χ3v) is 6.31. The van der Waals surface area contributed by atoms with Crippen molar-refractivity contribution < 1.29 is 13.9 Å². The normalized spacial score (nSPS) is 16.7. The maximum absolute atomic E-state index is 13.9. The van der Waals surface area contributed by atoms with Gasteiger partial charge in [-0.3, -0.25) is 4.79 Å². The molecule has 1 N–H and O–H groups in total. The van der Waals surface area contributed by atoms with Crippen LogP contribution in [0.1, 0.15) is 54.6 Å². The summed E-state index contributed by atoms with van der Waals surface area (Å²) in [4.78, 5) is 13.8. The van der Waals surface area contributed by atoms with Crippen LogP contribution < -0.4 is 10.1 Å². The molecule has 1 saturated carbocycles. The fraction of sp³-hybridized carbons (Fsp3) is 0.409. The van der Waals surface area contributed by atoms with E-state index in [4.69, 9.17) is 4.74 Å². The molecule has 1 aliphatic rings. The summed E-state index contributed by atoms with van der Waals surface area (Å²) in [5, 5.41) is 3.25. The van der Waals surface area contributed by atoms with Crippen LogP contribution in [0.4, 0.5) is 4.39 Å². The zero-order chi connectivity index (χ0) is 19.4. The van der Waals surface area contributed by atoms with Crippen LogP contribution in [0.25, 0.3) is 0 Å². The maximum atomic E-state index is 13.9. The van der Waals surface area contributed by atoms with Gasteiger partial charge in [-0.1, -0.05) is 50.1 Å². The molecule has 0 heterocycles. The average molecular weight is 388 g/mol. The van der Waals surface area contributed by atoms with Crippen molar-refractivity contribution in [2.75, 3.05) is 13.4 Å². The number of hydrogen-bond donors (Lipinski definition) is 1. The summed E-state index contributed by atoms with van der Waals surface area (Å²) in [5.41, 5.74) is 1.50. The van der Waals surface area contributed by atoms with E-state index in [9.17, 15) is 9.18 Å². The minimum atomic E-state index is -0.407. The molecule has 0 aromatic heterocycles. The van der Waals surface area contributed by atoms with E-state index in [0.717, 1.165) is 18.4 Å². The van der Waals surface area contributed by atoms with Crippen LogP contribution in [0.5, 0.6) is 5.75 Å². The second-order valence-electron chi connectivity index (χ2n) is 7.36. The Morgan fingerprint density at radius 3 is 2.48 bits per heavy atom. The summed E-state index contributed by atoms with van der Waals surface area (Å²) in [5.74, 6) is -0.367. The van der Waals surface area contributed by atoms with E-state index in [-0.39, 0.29) is 23.1 Å². The van der Waals surface area contributed by atoms with Crippen molar-refractivity contribution in [2.45, 2.75) is 43.5 Å². The Morgan fingerprint density at radius 1 is 1.22 bits per heavy atom. The van der Waals surface area contributed by atoms with Crippen LogP contribution in [0, 0.1) is 11.2 Å². The molecule has 0 bridgehead atoms. The first-order chi connectivity index (χ1) is 13.0. The van der Waals surface area contributed by atoms with Crippen LogP contribution in [0.15, 0.2) is 47.4 Å². The van der Waals surface area contributed by atoms with E-state index >= 15 is 0 Å². The van der Waals surface area contributed by atoms with E-state index in [2.05, 4.69) is 24.4 Å². The number of methoxy groups -OCH3 is 1. The van der Waals surface area contributed by atoms with Gasteiger partial charge in [-0.25, -0.2) is 4.39 Å². The molecule has 3 rings (SSSR count). The van der Waals surface area contributed by atoms with Gasteiger partial charge in [-0.05, 0) is 36.1 Å². The predicted octanol–water partition coefficient (Wildman–Crippen LogP) is 5.61. The second kappa shape index (κ2) is 8.34. The van der Waals surface area contributed by atoms with Gasteiger partial charge in [0, 0.05) is 11.0 Å². The molecular formula is C22H26FNO2S. The number of carbonyl (C=O) groups excluding carboxylic acids is 1. The van der Waals surface area contributed by atoms with E-state index in [0.29, 0.717) is 10.5 Å². The number of nitrogens with one attached hydrogen (secondary N) is 1. The lowest BCUT2D eigenvalue weighted by molar-refractivity contribution is 0.0880. The highest BCUT2D eigenvalue weighted by Gasteiger charge is 2.39. The van der Waals surface area contributed by atoms with Crippen LogP contribution >= 0.6 is 11.8 Å². The lowest BCUT2D eigenvalue weighted by Crippen LogP contribution is -2.38. The molecule has 5 heteroatoms. The van der Waals surface area contributed by atoms with Crippen molar-refractivity contribution in [1.82, 2.24) is 5.32 Å².